The number of benzene rings is 1. The Morgan fingerprint density at radius 3 is 2.62 bits per heavy atom. The molecular weight excluding hydrogens is 266 g/mol. The lowest BCUT2D eigenvalue weighted by atomic mass is 9.80. The van der Waals surface area contributed by atoms with Crippen molar-refractivity contribution in [2.45, 2.75) is 45.3 Å². The molecule has 21 heavy (non-hydrogen) atoms. The highest BCUT2D eigenvalue weighted by Crippen LogP contribution is 2.31. The van der Waals surface area contributed by atoms with Crippen LogP contribution in [0.1, 0.15) is 38.7 Å². The predicted molar refractivity (Wildman–Crippen MR) is 83.8 cm³/mol. The number of rotatable bonds is 8. The fraction of sp³-hybridized carbons (Fsp3) is 0.647. The molecule has 0 spiro atoms. The summed E-state index contributed by atoms with van der Waals surface area (Å²) in [4.78, 5) is 0. The van der Waals surface area contributed by atoms with Gasteiger partial charge in [0.2, 0.25) is 0 Å². The smallest absolute Gasteiger partial charge is 0.161 e. The van der Waals surface area contributed by atoms with E-state index < -0.39 is 5.60 Å². The SMILES string of the molecule is COc1ccc(CNCC2(O)CCC2)cc1OCC(C)C. The van der Waals surface area contributed by atoms with E-state index in [0.29, 0.717) is 19.1 Å². The third kappa shape index (κ3) is 4.61. The number of nitrogens with one attached hydrogen (secondary N) is 1. The molecule has 0 radical (unpaired) electrons. The Balaban J connectivity index is 1.91. The lowest BCUT2D eigenvalue weighted by molar-refractivity contribution is -0.0314. The van der Waals surface area contributed by atoms with Crippen LogP contribution in [0.3, 0.4) is 0 Å². The Morgan fingerprint density at radius 2 is 2.05 bits per heavy atom. The number of hydrogen-bond donors (Lipinski definition) is 2. The van der Waals surface area contributed by atoms with Crippen molar-refractivity contribution in [3.8, 4) is 11.5 Å². The molecule has 0 aliphatic heterocycles. The molecule has 4 heteroatoms. The minimum Gasteiger partial charge on any atom is -0.493 e. The molecule has 1 fully saturated rings. The maximum absolute atomic E-state index is 10.1. The normalized spacial score (nSPS) is 16.6. The van der Waals surface area contributed by atoms with E-state index >= 15 is 0 Å². The van der Waals surface area contributed by atoms with E-state index in [1.165, 1.54) is 0 Å². The van der Waals surface area contributed by atoms with E-state index in [4.69, 9.17) is 9.47 Å². The molecular formula is C17H27NO3. The fourth-order valence-corrected chi connectivity index (χ4v) is 2.40. The average molecular weight is 293 g/mol. The lowest BCUT2D eigenvalue weighted by Crippen LogP contribution is -2.45. The van der Waals surface area contributed by atoms with Gasteiger partial charge in [0.1, 0.15) is 0 Å². The lowest BCUT2D eigenvalue weighted by Gasteiger charge is -2.36. The maximum Gasteiger partial charge on any atom is 0.161 e. The highest BCUT2D eigenvalue weighted by molar-refractivity contribution is 5.43. The Morgan fingerprint density at radius 1 is 1.29 bits per heavy atom. The molecule has 0 aromatic heterocycles. The Bertz CT molecular complexity index is 455. The molecule has 4 nitrogen and oxygen atoms in total. The number of aliphatic hydroxyl groups is 1. The minimum atomic E-state index is -0.483. The van der Waals surface area contributed by atoms with Gasteiger partial charge in [0, 0.05) is 13.1 Å². The van der Waals surface area contributed by atoms with Crippen LogP contribution in [0, 0.1) is 5.92 Å². The number of methoxy groups -OCH3 is 1. The van der Waals surface area contributed by atoms with Gasteiger partial charge in [-0.1, -0.05) is 19.9 Å². The molecule has 0 heterocycles. The summed E-state index contributed by atoms with van der Waals surface area (Å²) in [7, 11) is 1.65. The molecule has 1 aliphatic carbocycles. The van der Waals surface area contributed by atoms with Crippen LogP contribution in [-0.2, 0) is 6.54 Å². The van der Waals surface area contributed by atoms with Crippen molar-refractivity contribution in [1.82, 2.24) is 5.32 Å². The quantitative estimate of drug-likeness (QED) is 0.774. The zero-order valence-electron chi connectivity index (χ0n) is 13.3. The number of ether oxygens (including phenoxy) is 2. The predicted octanol–water partition coefficient (Wildman–Crippen LogP) is 2.73. The minimum absolute atomic E-state index is 0.476. The van der Waals surface area contributed by atoms with Crippen molar-refractivity contribution in [2.24, 2.45) is 5.92 Å². The first kappa shape index (κ1) is 16.1. The highest BCUT2D eigenvalue weighted by Gasteiger charge is 2.33. The maximum atomic E-state index is 10.1. The van der Waals surface area contributed by atoms with E-state index in [0.717, 1.165) is 42.9 Å². The van der Waals surface area contributed by atoms with E-state index in [1.807, 2.05) is 18.2 Å². The molecule has 1 aromatic rings. The third-order valence-electron chi connectivity index (χ3n) is 3.87. The first-order valence-electron chi connectivity index (χ1n) is 7.75. The van der Waals surface area contributed by atoms with Crippen molar-refractivity contribution in [3.05, 3.63) is 23.8 Å². The first-order chi connectivity index (χ1) is 10.0. The summed E-state index contributed by atoms with van der Waals surface area (Å²) in [6.45, 7) is 6.30. The van der Waals surface area contributed by atoms with Gasteiger partial charge in [-0.2, -0.15) is 0 Å². The Kier molecular flexibility index (Phi) is 5.48. The standard InChI is InChI=1S/C17H27NO3/c1-13(2)11-21-16-9-14(5-6-15(16)20-3)10-18-12-17(19)7-4-8-17/h5-6,9,13,18-19H,4,7-8,10-12H2,1-3H3. The van der Waals surface area contributed by atoms with Crippen LogP contribution in [0.25, 0.3) is 0 Å². The van der Waals surface area contributed by atoms with Crippen LogP contribution in [0.15, 0.2) is 18.2 Å². The van der Waals surface area contributed by atoms with Crippen LogP contribution >= 0.6 is 0 Å². The molecule has 0 saturated heterocycles. The first-order valence-corrected chi connectivity index (χ1v) is 7.75. The Hall–Kier alpha value is -1.26. The summed E-state index contributed by atoms with van der Waals surface area (Å²) in [6, 6.07) is 5.97. The molecule has 0 atom stereocenters. The van der Waals surface area contributed by atoms with Gasteiger partial charge in [-0.15, -0.1) is 0 Å². The van der Waals surface area contributed by atoms with Gasteiger partial charge in [0.25, 0.3) is 0 Å². The van der Waals surface area contributed by atoms with Gasteiger partial charge in [-0.25, -0.2) is 0 Å². The molecule has 2 N–H and O–H groups in total. The summed E-state index contributed by atoms with van der Waals surface area (Å²) in [6.07, 6.45) is 2.95. The molecule has 118 valence electrons. The van der Waals surface area contributed by atoms with Gasteiger partial charge < -0.3 is 19.9 Å². The number of hydrogen-bond acceptors (Lipinski definition) is 4. The molecule has 1 aromatic carbocycles. The van der Waals surface area contributed by atoms with Crippen molar-refractivity contribution in [3.63, 3.8) is 0 Å². The van der Waals surface area contributed by atoms with Crippen molar-refractivity contribution in [2.75, 3.05) is 20.3 Å². The van der Waals surface area contributed by atoms with E-state index in [2.05, 4.69) is 19.2 Å². The van der Waals surface area contributed by atoms with E-state index in [9.17, 15) is 5.11 Å². The van der Waals surface area contributed by atoms with Crippen LogP contribution in [0.2, 0.25) is 0 Å². The average Bonchev–Trinajstić information content (AvgIpc) is 2.43. The molecule has 1 saturated carbocycles. The second-order valence-electron chi connectivity index (χ2n) is 6.37. The van der Waals surface area contributed by atoms with Gasteiger partial charge in [-0.3, -0.25) is 0 Å². The van der Waals surface area contributed by atoms with Crippen LogP contribution in [0.5, 0.6) is 11.5 Å². The molecule has 0 bridgehead atoms. The topological polar surface area (TPSA) is 50.7 Å². The van der Waals surface area contributed by atoms with Crippen LogP contribution in [0.4, 0.5) is 0 Å². The van der Waals surface area contributed by atoms with Crippen molar-refractivity contribution in [1.29, 1.82) is 0 Å². The molecule has 2 rings (SSSR count). The zero-order chi connectivity index (χ0) is 15.3. The van der Waals surface area contributed by atoms with E-state index in [-0.39, 0.29) is 0 Å². The summed E-state index contributed by atoms with van der Waals surface area (Å²) in [5.74, 6) is 2.02. The second kappa shape index (κ2) is 7.14. The zero-order valence-corrected chi connectivity index (χ0v) is 13.3. The van der Waals surface area contributed by atoms with Crippen molar-refractivity contribution >= 4 is 0 Å². The molecule has 0 unspecified atom stereocenters. The summed E-state index contributed by atoms with van der Waals surface area (Å²) >= 11 is 0. The van der Waals surface area contributed by atoms with Crippen molar-refractivity contribution < 1.29 is 14.6 Å². The fourth-order valence-electron chi connectivity index (χ4n) is 2.40. The van der Waals surface area contributed by atoms with Crippen LogP contribution in [-0.4, -0.2) is 31.0 Å². The summed E-state index contributed by atoms with van der Waals surface area (Å²) < 4.78 is 11.1. The molecule has 0 amide bonds. The molecule has 1 aliphatic rings. The Labute approximate surface area is 127 Å². The summed E-state index contributed by atoms with van der Waals surface area (Å²) in [5.41, 5.74) is 0.654. The van der Waals surface area contributed by atoms with Gasteiger partial charge in [0.15, 0.2) is 11.5 Å². The van der Waals surface area contributed by atoms with Gasteiger partial charge in [-0.05, 0) is 42.9 Å². The summed E-state index contributed by atoms with van der Waals surface area (Å²) in [5, 5.41) is 13.4. The highest BCUT2D eigenvalue weighted by atomic mass is 16.5. The monoisotopic (exact) mass is 293 g/mol. The third-order valence-corrected chi connectivity index (χ3v) is 3.87. The van der Waals surface area contributed by atoms with Gasteiger partial charge >= 0.3 is 0 Å². The second-order valence-corrected chi connectivity index (χ2v) is 6.37. The largest absolute Gasteiger partial charge is 0.493 e. The van der Waals surface area contributed by atoms with Crippen LogP contribution < -0.4 is 14.8 Å². The van der Waals surface area contributed by atoms with E-state index in [1.54, 1.807) is 7.11 Å². The van der Waals surface area contributed by atoms with Gasteiger partial charge in [0.05, 0.1) is 19.3 Å².